The van der Waals surface area contributed by atoms with E-state index in [0.717, 1.165) is 10.1 Å². The van der Waals surface area contributed by atoms with Crippen LogP contribution in [0.2, 0.25) is 10.4 Å². The third-order valence-corrected chi connectivity index (χ3v) is 7.93. The average molecular weight is 328 g/mol. The standard InChI is InChI=1S/C13H17AsO5/c1-19-11-4-2-3-10(9-11)14(7-5-12(15)16)8-6-13(17)18/h2-4,9H,5-8H2,1H3,(H,15,16)(H,17,18). The van der Waals surface area contributed by atoms with E-state index in [0.29, 0.717) is 10.4 Å². The molecule has 0 radical (unpaired) electrons. The average Bonchev–Trinajstić information content (AvgIpc) is 2.38. The third kappa shape index (κ3) is 5.79. The zero-order chi connectivity index (χ0) is 14.3. The van der Waals surface area contributed by atoms with Crippen molar-refractivity contribution in [2.45, 2.75) is 23.3 Å². The fourth-order valence-electron chi connectivity index (χ4n) is 1.64. The second kappa shape index (κ2) is 7.84. The van der Waals surface area contributed by atoms with E-state index in [1.165, 1.54) is 0 Å². The predicted octanol–water partition coefficient (Wildman–Crippen LogP) is 1.35. The van der Waals surface area contributed by atoms with Gasteiger partial charge in [0.25, 0.3) is 0 Å². The Labute approximate surface area is 116 Å². The van der Waals surface area contributed by atoms with Gasteiger partial charge in [-0.15, -0.1) is 0 Å². The Balaban J connectivity index is 2.80. The molecule has 0 unspecified atom stereocenters. The van der Waals surface area contributed by atoms with Crippen LogP contribution in [0.3, 0.4) is 0 Å². The van der Waals surface area contributed by atoms with Crippen LogP contribution < -0.4 is 9.09 Å². The zero-order valence-corrected chi connectivity index (χ0v) is 12.6. The molecule has 104 valence electrons. The maximum absolute atomic E-state index is 10.7. The molecule has 0 saturated carbocycles. The molecule has 0 heterocycles. The summed E-state index contributed by atoms with van der Waals surface area (Å²) in [5, 5.41) is 18.7. The number of hydrogen-bond donors (Lipinski definition) is 2. The first-order valence-corrected chi connectivity index (χ1v) is 9.44. The van der Waals surface area contributed by atoms with E-state index in [1.807, 2.05) is 24.3 Å². The first-order valence-electron chi connectivity index (χ1n) is 5.85. The quantitative estimate of drug-likeness (QED) is 0.704. The number of aliphatic carboxylic acids is 2. The molecule has 0 bridgehead atoms. The molecule has 0 aromatic heterocycles. The second-order valence-electron chi connectivity index (χ2n) is 3.98. The summed E-state index contributed by atoms with van der Waals surface area (Å²) in [5.74, 6) is -0.947. The number of carbonyl (C=O) groups is 2. The van der Waals surface area contributed by atoms with Gasteiger partial charge in [-0.05, 0) is 0 Å². The molecule has 1 aromatic rings. The molecule has 1 aromatic carbocycles. The summed E-state index contributed by atoms with van der Waals surface area (Å²) in [6, 6.07) is 7.51. The van der Waals surface area contributed by atoms with Crippen LogP contribution >= 0.6 is 0 Å². The van der Waals surface area contributed by atoms with Gasteiger partial charge in [0.1, 0.15) is 0 Å². The molecule has 0 amide bonds. The third-order valence-electron chi connectivity index (χ3n) is 2.61. The van der Waals surface area contributed by atoms with Crippen LogP contribution in [-0.2, 0) is 9.59 Å². The number of methoxy groups -OCH3 is 1. The van der Waals surface area contributed by atoms with Crippen molar-refractivity contribution in [3.63, 3.8) is 0 Å². The Bertz CT molecular complexity index is 428. The number of carboxylic acids is 2. The van der Waals surface area contributed by atoms with Gasteiger partial charge in [-0.1, -0.05) is 0 Å². The molecule has 0 spiro atoms. The molecule has 0 saturated heterocycles. The Hall–Kier alpha value is -1.48. The monoisotopic (exact) mass is 328 g/mol. The summed E-state index contributed by atoms with van der Waals surface area (Å²) in [6.45, 7) is 0. The number of rotatable bonds is 8. The fraction of sp³-hybridized carbons (Fsp3) is 0.385. The van der Waals surface area contributed by atoms with Crippen molar-refractivity contribution in [3.8, 4) is 5.75 Å². The predicted molar refractivity (Wildman–Crippen MR) is 72.5 cm³/mol. The number of benzene rings is 1. The first-order chi connectivity index (χ1) is 9.02. The van der Waals surface area contributed by atoms with Crippen LogP contribution in [0.4, 0.5) is 0 Å². The molecule has 0 atom stereocenters. The van der Waals surface area contributed by atoms with Crippen molar-refractivity contribution in [3.05, 3.63) is 24.3 Å². The molecule has 0 aliphatic rings. The summed E-state index contributed by atoms with van der Waals surface area (Å²) in [6.07, 6.45) is 0.188. The zero-order valence-electron chi connectivity index (χ0n) is 10.7. The van der Waals surface area contributed by atoms with E-state index in [9.17, 15) is 9.59 Å². The Morgan fingerprint density at radius 2 is 1.74 bits per heavy atom. The van der Waals surface area contributed by atoms with Crippen LogP contribution in [0.1, 0.15) is 12.8 Å². The van der Waals surface area contributed by atoms with E-state index >= 15 is 0 Å². The normalized spacial score (nSPS) is 10.4. The molecule has 0 aliphatic heterocycles. The van der Waals surface area contributed by atoms with Crippen LogP contribution in [0.5, 0.6) is 5.75 Å². The van der Waals surface area contributed by atoms with E-state index in [-0.39, 0.29) is 12.8 Å². The van der Waals surface area contributed by atoms with Crippen molar-refractivity contribution in [1.82, 2.24) is 0 Å². The molecule has 19 heavy (non-hydrogen) atoms. The molecule has 5 nitrogen and oxygen atoms in total. The Kier molecular flexibility index (Phi) is 6.43. The second-order valence-corrected chi connectivity index (χ2v) is 9.20. The van der Waals surface area contributed by atoms with Gasteiger partial charge in [0, 0.05) is 0 Å². The van der Waals surface area contributed by atoms with E-state index in [2.05, 4.69) is 0 Å². The van der Waals surface area contributed by atoms with E-state index < -0.39 is 26.6 Å². The number of carboxylic acid groups (broad SMARTS) is 2. The minimum absolute atomic E-state index is 0.0941. The SMILES string of the molecule is COc1cccc([As](CCC(=O)O)CCC(=O)O)c1. The fourth-order valence-corrected chi connectivity index (χ4v) is 6.40. The van der Waals surface area contributed by atoms with Crippen molar-refractivity contribution < 1.29 is 24.5 Å². The minimum atomic E-state index is -1.66. The van der Waals surface area contributed by atoms with E-state index in [1.54, 1.807) is 7.11 Å². The molecular weight excluding hydrogens is 311 g/mol. The summed E-state index contributed by atoms with van der Waals surface area (Å²) >= 11 is -1.66. The van der Waals surface area contributed by atoms with Gasteiger partial charge < -0.3 is 0 Å². The number of hydrogen-bond acceptors (Lipinski definition) is 3. The van der Waals surface area contributed by atoms with Crippen molar-refractivity contribution in [2.75, 3.05) is 7.11 Å². The van der Waals surface area contributed by atoms with Gasteiger partial charge >= 0.3 is 116 Å². The van der Waals surface area contributed by atoms with Crippen molar-refractivity contribution >= 4 is 30.9 Å². The summed E-state index contributed by atoms with van der Waals surface area (Å²) in [7, 11) is 1.57. The molecule has 0 fully saturated rings. The summed E-state index contributed by atoms with van der Waals surface area (Å²) in [4.78, 5) is 21.4. The van der Waals surface area contributed by atoms with Crippen LogP contribution in [0.25, 0.3) is 0 Å². The summed E-state index contributed by atoms with van der Waals surface area (Å²) in [5.41, 5.74) is 0. The Morgan fingerprint density at radius 1 is 1.16 bits per heavy atom. The van der Waals surface area contributed by atoms with Crippen LogP contribution in [-0.4, -0.2) is 43.9 Å². The molecule has 2 N–H and O–H groups in total. The van der Waals surface area contributed by atoms with Gasteiger partial charge in [-0.2, -0.15) is 0 Å². The Morgan fingerprint density at radius 3 is 2.21 bits per heavy atom. The van der Waals surface area contributed by atoms with Gasteiger partial charge in [-0.25, -0.2) is 0 Å². The van der Waals surface area contributed by atoms with Crippen LogP contribution in [0, 0.1) is 0 Å². The van der Waals surface area contributed by atoms with Crippen LogP contribution in [0.15, 0.2) is 24.3 Å². The molecular formula is C13H17AsO5. The van der Waals surface area contributed by atoms with Gasteiger partial charge in [0.05, 0.1) is 0 Å². The van der Waals surface area contributed by atoms with Gasteiger partial charge in [-0.3, -0.25) is 0 Å². The van der Waals surface area contributed by atoms with Crippen molar-refractivity contribution in [2.24, 2.45) is 0 Å². The van der Waals surface area contributed by atoms with E-state index in [4.69, 9.17) is 14.9 Å². The maximum atomic E-state index is 10.7. The first kappa shape index (κ1) is 15.6. The van der Waals surface area contributed by atoms with Gasteiger partial charge in [0.2, 0.25) is 0 Å². The van der Waals surface area contributed by atoms with Gasteiger partial charge in [0.15, 0.2) is 0 Å². The van der Waals surface area contributed by atoms with Crippen molar-refractivity contribution in [1.29, 1.82) is 0 Å². The topological polar surface area (TPSA) is 83.8 Å². The molecule has 1 rings (SSSR count). The number of ether oxygens (including phenoxy) is 1. The molecule has 0 aliphatic carbocycles. The summed E-state index contributed by atoms with van der Waals surface area (Å²) < 4.78 is 6.21. The molecule has 6 heteroatoms.